The van der Waals surface area contributed by atoms with Gasteiger partial charge >= 0.3 is 105 Å². The molecule has 1 atom stereocenters. The van der Waals surface area contributed by atoms with Gasteiger partial charge in [-0.3, -0.25) is 0 Å². The normalized spacial score (nSPS) is 21.7. The molecule has 1 unspecified atom stereocenters. The van der Waals surface area contributed by atoms with Crippen LogP contribution < -0.4 is 0 Å². The Hall–Kier alpha value is 0.0383. The first-order chi connectivity index (χ1) is 6.62. The molecule has 0 saturated heterocycles. The summed E-state index contributed by atoms with van der Waals surface area (Å²) in [6.07, 6.45) is 7.10. The summed E-state index contributed by atoms with van der Waals surface area (Å²) >= 11 is 1.60. The molecule has 0 aromatic carbocycles. The van der Waals surface area contributed by atoms with E-state index < -0.39 is 0 Å². The van der Waals surface area contributed by atoms with Crippen molar-refractivity contribution < 1.29 is 19.4 Å². The molecule has 0 heterocycles. The molecule has 0 fully saturated rings. The van der Waals surface area contributed by atoms with Crippen molar-refractivity contribution in [2.75, 3.05) is 0 Å². The third-order valence-corrected chi connectivity index (χ3v) is 5.83. The zero-order valence-electron chi connectivity index (χ0n) is 10.7. The van der Waals surface area contributed by atoms with Crippen LogP contribution in [0.15, 0.2) is 23.8 Å². The van der Waals surface area contributed by atoms with E-state index >= 15 is 0 Å². The number of hydrogen-bond acceptors (Lipinski definition) is 0. The van der Waals surface area contributed by atoms with E-state index in [9.17, 15) is 0 Å². The van der Waals surface area contributed by atoms with Crippen molar-refractivity contribution in [3.05, 3.63) is 23.8 Å². The van der Waals surface area contributed by atoms with Crippen LogP contribution in [0.4, 0.5) is 0 Å². The van der Waals surface area contributed by atoms with Crippen LogP contribution >= 0.6 is 0 Å². The second kappa shape index (κ2) is 4.13. The average molecular weight is 374 g/mol. The summed E-state index contributed by atoms with van der Waals surface area (Å²) < 4.78 is 1.57. The monoisotopic (exact) mass is 374 g/mol. The molecule has 1 aliphatic carbocycles. The molecule has 0 radical (unpaired) electrons. The topological polar surface area (TPSA) is 0 Å². The van der Waals surface area contributed by atoms with Gasteiger partial charge in [0.05, 0.1) is 0 Å². The van der Waals surface area contributed by atoms with Crippen molar-refractivity contribution in [1.29, 1.82) is 0 Å². The summed E-state index contributed by atoms with van der Waals surface area (Å²) in [4.78, 5) is 0. The summed E-state index contributed by atoms with van der Waals surface area (Å²) in [5.74, 6) is 0.601. The summed E-state index contributed by atoms with van der Waals surface area (Å²) in [5, 5.41) is 0. The number of allylic oxidation sites excluding steroid dienone is 4. The van der Waals surface area contributed by atoms with E-state index in [0.717, 1.165) is 0 Å². The molecule has 15 heavy (non-hydrogen) atoms. The van der Waals surface area contributed by atoms with Crippen LogP contribution in [0.1, 0.15) is 41.5 Å². The molecule has 0 aliphatic heterocycles. The molecule has 0 N–H and O–H groups in total. The van der Waals surface area contributed by atoms with Gasteiger partial charge in [0, 0.05) is 0 Å². The van der Waals surface area contributed by atoms with E-state index in [2.05, 4.69) is 59.8 Å². The summed E-state index contributed by atoms with van der Waals surface area (Å²) in [6, 6.07) is 0. The molecule has 1 aliphatic rings. The zero-order chi connectivity index (χ0) is 11.9. The maximum atomic E-state index is 2.44. The first-order valence-electron chi connectivity index (χ1n) is 5.57. The third-order valence-electron chi connectivity index (χ3n) is 2.79. The van der Waals surface area contributed by atoms with E-state index in [0.29, 0.717) is 16.7 Å². The van der Waals surface area contributed by atoms with Gasteiger partial charge in [-0.15, -0.1) is 0 Å². The maximum absolute atomic E-state index is 2.44. The van der Waals surface area contributed by atoms with Crippen LogP contribution in [-0.4, -0.2) is 3.90 Å². The van der Waals surface area contributed by atoms with Gasteiger partial charge in [0.25, 0.3) is 0 Å². The number of rotatable bonds is 1. The molecule has 0 amide bonds. The van der Waals surface area contributed by atoms with Crippen molar-refractivity contribution in [2.24, 2.45) is 16.7 Å². The fourth-order valence-electron chi connectivity index (χ4n) is 1.63. The van der Waals surface area contributed by atoms with Gasteiger partial charge in [-0.2, -0.15) is 0 Å². The quantitative estimate of drug-likeness (QED) is 0.653. The molecule has 0 aromatic rings. The van der Waals surface area contributed by atoms with Crippen LogP contribution in [0.5, 0.6) is 0 Å². The zero-order valence-corrected chi connectivity index (χ0v) is 13.7. The molecule has 1 heteroatoms. The van der Waals surface area contributed by atoms with E-state index in [1.54, 1.807) is 23.3 Å². The minimum absolute atomic E-state index is 0.318. The third kappa shape index (κ3) is 3.25. The van der Waals surface area contributed by atoms with Gasteiger partial charge in [-0.25, -0.2) is 0 Å². The second-order valence-electron chi connectivity index (χ2n) is 6.45. The van der Waals surface area contributed by atoms with Crippen LogP contribution in [-0.2, 0) is 19.4 Å². The predicted molar refractivity (Wildman–Crippen MR) is 64.6 cm³/mol. The molecule has 1 rings (SSSR count). The molecule has 0 aromatic heterocycles. The Kier molecular flexibility index (Phi) is 3.61. The Bertz CT molecular complexity index is 318. The molecule has 84 valence electrons. The van der Waals surface area contributed by atoms with Crippen LogP contribution in [0, 0.1) is 16.7 Å². The number of hydrogen-bond donors (Lipinski definition) is 0. The van der Waals surface area contributed by atoms with Crippen molar-refractivity contribution in [3.63, 3.8) is 0 Å². The molecule has 0 nitrogen and oxygen atoms in total. The fourth-order valence-corrected chi connectivity index (χ4v) is 2.12. The Labute approximate surface area is 105 Å². The summed E-state index contributed by atoms with van der Waals surface area (Å²) in [7, 11) is 0. The van der Waals surface area contributed by atoms with Crippen molar-refractivity contribution in [2.45, 2.75) is 41.5 Å². The van der Waals surface area contributed by atoms with Gasteiger partial charge in [-0.1, -0.05) is 0 Å². The van der Waals surface area contributed by atoms with Crippen molar-refractivity contribution in [1.82, 2.24) is 0 Å². The molecule has 0 spiro atoms. The summed E-state index contributed by atoms with van der Waals surface area (Å²) in [6.45, 7) is 13.8. The molecule has 0 saturated carbocycles. The average Bonchev–Trinajstić information content (AvgIpc) is 2.47. The first-order valence-corrected chi connectivity index (χ1v) is 7.04. The van der Waals surface area contributed by atoms with Crippen LogP contribution in [0.25, 0.3) is 0 Å². The SMILES string of the molecule is CC(C)(C)[C](=[W])C1=CC(C(C)(C)C)C=C1. The van der Waals surface area contributed by atoms with Crippen molar-refractivity contribution in [3.8, 4) is 0 Å². The Morgan fingerprint density at radius 2 is 1.67 bits per heavy atom. The van der Waals surface area contributed by atoms with E-state index in [1.165, 1.54) is 5.57 Å². The summed E-state index contributed by atoms with van der Waals surface area (Å²) in [5.41, 5.74) is 2.14. The molecular formula is C14H22W. The fraction of sp³-hybridized carbons (Fsp3) is 0.643. The molecule has 0 bridgehead atoms. The van der Waals surface area contributed by atoms with Gasteiger partial charge in [0.15, 0.2) is 0 Å². The predicted octanol–water partition coefficient (Wildman–Crippen LogP) is 3.91. The standard InChI is InChI=1S/C14H22.W/c1-13(2,3)10-11-7-8-12(9-11)14(4,5)6;/h7-9,12H,1-6H3;. The Morgan fingerprint density at radius 1 is 1.13 bits per heavy atom. The minimum atomic E-state index is 0.318. The van der Waals surface area contributed by atoms with Gasteiger partial charge in [0.1, 0.15) is 0 Å². The molecular weight excluding hydrogens is 352 g/mol. The van der Waals surface area contributed by atoms with E-state index in [4.69, 9.17) is 0 Å². The Balaban J connectivity index is 2.87. The van der Waals surface area contributed by atoms with Crippen LogP contribution in [0.2, 0.25) is 0 Å². The van der Waals surface area contributed by atoms with Crippen molar-refractivity contribution >= 4 is 3.90 Å². The van der Waals surface area contributed by atoms with Gasteiger partial charge in [0.2, 0.25) is 0 Å². The first kappa shape index (κ1) is 13.1. The van der Waals surface area contributed by atoms with Gasteiger partial charge in [-0.05, 0) is 0 Å². The van der Waals surface area contributed by atoms with E-state index in [-0.39, 0.29) is 0 Å². The van der Waals surface area contributed by atoms with Crippen LogP contribution in [0.3, 0.4) is 0 Å². The van der Waals surface area contributed by atoms with E-state index in [1.807, 2.05) is 0 Å². The Morgan fingerprint density at radius 3 is 2.00 bits per heavy atom. The van der Waals surface area contributed by atoms with Gasteiger partial charge < -0.3 is 0 Å². The second-order valence-corrected chi connectivity index (χ2v) is 7.92.